The molecule has 0 saturated heterocycles. The van der Waals surface area contributed by atoms with E-state index in [1.54, 1.807) is 0 Å². The van der Waals surface area contributed by atoms with Crippen LogP contribution in [-0.4, -0.2) is 15.5 Å². The first-order valence-electron chi connectivity index (χ1n) is 4.82. The van der Waals surface area contributed by atoms with Gasteiger partial charge in [-0.3, -0.25) is 0 Å². The standard InChI is InChI=1S/C11H17NO2S/c1-7-6-8(2)10(4)11(9(7)3)15(13,14)12-5/h6,12H,1-5H3. The summed E-state index contributed by atoms with van der Waals surface area (Å²) >= 11 is 0. The zero-order valence-electron chi connectivity index (χ0n) is 9.80. The number of sulfonamides is 1. The SMILES string of the molecule is CNS(=O)(=O)c1c(C)c(C)cc(C)c1C. The molecule has 0 bridgehead atoms. The molecule has 1 N–H and O–H groups in total. The van der Waals surface area contributed by atoms with Gasteiger partial charge < -0.3 is 0 Å². The highest BCUT2D eigenvalue weighted by Gasteiger charge is 2.19. The van der Waals surface area contributed by atoms with Crippen molar-refractivity contribution >= 4 is 10.0 Å². The third-order valence-corrected chi connectivity index (χ3v) is 4.52. The molecule has 3 nitrogen and oxygen atoms in total. The van der Waals surface area contributed by atoms with Crippen molar-refractivity contribution in [2.45, 2.75) is 32.6 Å². The van der Waals surface area contributed by atoms with Gasteiger partial charge in [0.1, 0.15) is 0 Å². The van der Waals surface area contributed by atoms with E-state index in [1.165, 1.54) is 7.05 Å². The van der Waals surface area contributed by atoms with Crippen molar-refractivity contribution in [2.75, 3.05) is 7.05 Å². The maximum Gasteiger partial charge on any atom is 0.240 e. The first-order valence-corrected chi connectivity index (χ1v) is 6.30. The van der Waals surface area contributed by atoms with Gasteiger partial charge in [-0.1, -0.05) is 6.07 Å². The molecule has 0 spiro atoms. The van der Waals surface area contributed by atoms with Gasteiger partial charge in [-0.05, 0) is 57.0 Å². The predicted molar refractivity (Wildman–Crippen MR) is 61.6 cm³/mol. The Morgan fingerprint density at radius 3 is 1.73 bits per heavy atom. The normalized spacial score (nSPS) is 11.8. The molecule has 0 aliphatic carbocycles. The zero-order valence-corrected chi connectivity index (χ0v) is 10.6. The van der Waals surface area contributed by atoms with Crippen LogP contribution in [0, 0.1) is 27.7 Å². The quantitative estimate of drug-likeness (QED) is 0.837. The fourth-order valence-corrected chi connectivity index (χ4v) is 3.02. The minimum absolute atomic E-state index is 0.419. The second kappa shape index (κ2) is 3.94. The van der Waals surface area contributed by atoms with E-state index in [2.05, 4.69) is 4.72 Å². The molecule has 1 rings (SSSR count). The maximum atomic E-state index is 11.8. The largest absolute Gasteiger partial charge is 0.240 e. The Hall–Kier alpha value is -0.870. The highest BCUT2D eigenvalue weighted by molar-refractivity contribution is 7.89. The molecular formula is C11H17NO2S. The van der Waals surface area contributed by atoms with Crippen molar-refractivity contribution in [3.8, 4) is 0 Å². The minimum Gasteiger partial charge on any atom is -0.214 e. The summed E-state index contributed by atoms with van der Waals surface area (Å²) in [5.74, 6) is 0. The number of aryl methyl sites for hydroxylation is 2. The van der Waals surface area contributed by atoms with E-state index in [0.717, 1.165) is 22.3 Å². The van der Waals surface area contributed by atoms with Crippen LogP contribution < -0.4 is 4.72 Å². The monoisotopic (exact) mass is 227 g/mol. The topological polar surface area (TPSA) is 46.2 Å². The molecule has 0 heterocycles. The molecule has 1 aromatic rings. The van der Waals surface area contributed by atoms with Gasteiger partial charge >= 0.3 is 0 Å². The molecule has 0 fully saturated rings. The van der Waals surface area contributed by atoms with Crippen molar-refractivity contribution in [1.82, 2.24) is 4.72 Å². The molecule has 4 heteroatoms. The molecule has 0 atom stereocenters. The van der Waals surface area contributed by atoms with Crippen LogP contribution in [0.3, 0.4) is 0 Å². The lowest BCUT2D eigenvalue weighted by atomic mass is 10.0. The second-order valence-electron chi connectivity index (χ2n) is 3.80. The van der Waals surface area contributed by atoms with Gasteiger partial charge in [0.15, 0.2) is 0 Å². The summed E-state index contributed by atoms with van der Waals surface area (Å²) < 4.78 is 26.0. The Bertz CT molecular complexity index is 464. The third kappa shape index (κ3) is 2.06. The fraction of sp³-hybridized carbons (Fsp3) is 0.455. The van der Waals surface area contributed by atoms with Crippen LogP contribution in [0.1, 0.15) is 22.3 Å². The van der Waals surface area contributed by atoms with Gasteiger partial charge in [-0.2, -0.15) is 0 Å². The summed E-state index contributed by atoms with van der Waals surface area (Å²) in [7, 11) is -1.92. The van der Waals surface area contributed by atoms with Gasteiger partial charge in [0, 0.05) is 0 Å². The first kappa shape index (κ1) is 12.2. The van der Waals surface area contributed by atoms with Crippen LogP contribution in [0.2, 0.25) is 0 Å². The van der Waals surface area contributed by atoms with Gasteiger partial charge in [0.05, 0.1) is 4.90 Å². The lowest BCUT2D eigenvalue weighted by Gasteiger charge is -2.14. The number of nitrogens with one attached hydrogen (secondary N) is 1. The van der Waals surface area contributed by atoms with Crippen LogP contribution in [0.4, 0.5) is 0 Å². The Morgan fingerprint density at radius 2 is 1.40 bits per heavy atom. The maximum absolute atomic E-state index is 11.8. The van der Waals surface area contributed by atoms with E-state index in [9.17, 15) is 8.42 Å². The Labute approximate surface area is 91.6 Å². The first-order chi connectivity index (χ1) is 6.81. The molecule has 1 aromatic carbocycles. The summed E-state index contributed by atoms with van der Waals surface area (Å²) in [6.07, 6.45) is 0. The average molecular weight is 227 g/mol. The number of benzene rings is 1. The summed E-state index contributed by atoms with van der Waals surface area (Å²) in [6, 6.07) is 2.01. The van der Waals surface area contributed by atoms with E-state index in [0.29, 0.717) is 4.90 Å². The number of rotatable bonds is 2. The van der Waals surface area contributed by atoms with E-state index in [1.807, 2.05) is 33.8 Å². The predicted octanol–water partition coefficient (Wildman–Crippen LogP) is 1.83. The lowest BCUT2D eigenvalue weighted by Crippen LogP contribution is -2.21. The third-order valence-electron chi connectivity index (χ3n) is 2.83. The second-order valence-corrected chi connectivity index (χ2v) is 5.62. The Balaban J connectivity index is 3.68. The molecule has 0 unspecified atom stereocenters. The number of hydrogen-bond donors (Lipinski definition) is 1. The highest BCUT2D eigenvalue weighted by Crippen LogP contribution is 2.25. The Kier molecular flexibility index (Phi) is 3.21. The van der Waals surface area contributed by atoms with Crippen LogP contribution >= 0.6 is 0 Å². The van der Waals surface area contributed by atoms with E-state index >= 15 is 0 Å². The van der Waals surface area contributed by atoms with Crippen molar-refractivity contribution in [1.29, 1.82) is 0 Å². The van der Waals surface area contributed by atoms with Crippen molar-refractivity contribution in [3.63, 3.8) is 0 Å². The van der Waals surface area contributed by atoms with Gasteiger partial charge in [-0.15, -0.1) is 0 Å². The molecule has 0 saturated carbocycles. The molecule has 0 radical (unpaired) electrons. The Morgan fingerprint density at radius 1 is 1.00 bits per heavy atom. The molecule has 0 aromatic heterocycles. The lowest BCUT2D eigenvalue weighted by molar-refractivity contribution is 0.586. The summed E-state index contributed by atoms with van der Waals surface area (Å²) in [5, 5.41) is 0. The summed E-state index contributed by atoms with van der Waals surface area (Å²) in [6.45, 7) is 7.53. The van der Waals surface area contributed by atoms with Gasteiger partial charge in [0.25, 0.3) is 0 Å². The van der Waals surface area contributed by atoms with Crippen LogP contribution in [0.5, 0.6) is 0 Å². The molecule has 15 heavy (non-hydrogen) atoms. The van der Waals surface area contributed by atoms with Crippen molar-refractivity contribution < 1.29 is 8.42 Å². The molecule has 0 amide bonds. The van der Waals surface area contributed by atoms with Crippen LogP contribution in [0.15, 0.2) is 11.0 Å². The van der Waals surface area contributed by atoms with E-state index in [-0.39, 0.29) is 0 Å². The zero-order chi connectivity index (χ0) is 11.8. The minimum atomic E-state index is -3.35. The van der Waals surface area contributed by atoms with E-state index in [4.69, 9.17) is 0 Å². The van der Waals surface area contributed by atoms with Crippen molar-refractivity contribution in [2.24, 2.45) is 0 Å². The van der Waals surface area contributed by atoms with E-state index < -0.39 is 10.0 Å². The summed E-state index contributed by atoms with van der Waals surface area (Å²) in [5.41, 5.74) is 3.67. The van der Waals surface area contributed by atoms with Crippen LogP contribution in [-0.2, 0) is 10.0 Å². The van der Waals surface area contributed by atoms with Crippen molar-refractivity contribution in [3.05, 3.63) is 28.3 Å². The molecule has 84 valence electrons. The van der Waals surface area contributed by atoms with Crippen LogP contribution in [0.25, 0.3) is 0 Å². The average Bonchev–Trinajstić information content (AvgIpc) is 2.15. The summed E-state index contributed by atoms with van der Waals surface area (Å²) in [4.78, 5) is 0.419. The molecule has 0 aliphatic heterocycles. The highest BCUT2D eigenvalue weighted by atomic mass is 32.2. The van der Waals surface area contributed by atoms with Gasteiger partial charge in [-0.25, -0.2) is 13.1 Å². The fourth-order valence-electron chi connectivity index (χ4n) is 1.69. The van der Waals surface area contributed by atoms with Gasteiger partial charge in [0.2, 0.25) is 10.0 Å². The number of hydrogen-bond acceptors (Lipinski definition) is 2. The molecule has 0 aliphatic rings. The molecular weight excluding hydrogens is 210 g/mol. The smallest absolute Gasteiger partial charge is 0.214 e.